The predicted molar refractivity (Wildman–Crippen MR) is 107 cm³/mol. The van der Waals surface area contributed by atoms with Gasteiger partial charge in [0.2, 0.25) is 0 Å². The molecule has 0 saturated carbocycles. The second-order valence-electron chi connectivity index (χ2n) is 5.34. The van der Waals surface area contributed by atoms with E-state index in [2.05, 4.69) is 39.8 Å². The van der Waals surface area contributed by atoms with E-state index in [4.69, 9.17) is 34.8 Å². The normalized spacial score (nSPS) is 11.4. The smallest absolute Gasteiger partial charge is 0.166 e. The molecule has 126 valence electrons. The van der Waals surface area contributed by atoms with Crippen LogP contribution in [0.15, 0.2) is 65.8 Å². The molecule has 0 aliphatic carbocycles. The molecular formula is C19H14Cl3N3. The van der Waals surface area contributed by atoms with Crippen LogP contribution < -0.4 is 5.43 Å². The highest BCUT2D eigenvalue weighted by molar-refractivity contribution is 6.42. The van der Waals surface area contributed by atoms with Gasteiger partial charge in [-0.25, -0.2) is 4.98 Å². The molecule has 0 bridgehead atoms. The maximum absolute atomic E-state index is 6.08. The number of nitrogens with zero attached hydrogens (tertiary/aromatic N) is 2. The summed E-state index contributed by atoms with van der Waals surface area (Å²) in [5.74, 6) is 0.358. The zero-order valence-corrected chi connectivity index (χ0v) is 15.6. The molecule has 3 aromatic rings. The van der Waals surface area contributed by atoms with Gasteiger partial charge in [-0.05, 0) is 29.7 Å². The van der Waals surface area contributed by atoms with Gasteiger partial charge in [-0.15, -0.1) is 0 Å². The number of anilines is 1. The van der Waals surface area contributed by atoms with Gasteiger partial charge in [-0.2, -0.15) is 5.10 Å². The summed E-state index contributed by atoms with van der Waals surface area (Å²) in [7, 11) is 0. The van der Waals surface area contributed by atoms with E-state index in [1.54, 1.807) is 0 Å². The van der Waals surface area contributed by atoms with Gasteiger partial charge >= 0.3 is 0 Å². The fourth-order valence-corrected chi connectivity index (χ4v) is 2.80. The van der Waals surface area contributed by atoms with Crippen molar-refractivity contribution in [2.24, 2.45) is 5.10 Å². The first-order chi connectivity index (χ1) is 12.0. The summed E-state index contributed by atoms with van der Waals surface area (Å²) >= 11 is 17.9. The lowest BCUT2D eigenvalue weighted by molar-refractivity contribution is 1.22. The number of nitrogens with one attached hydrogen (secondary N) is 1. The van der Waals surface area contributed by atoms with Gasteiger partial charge in [0.1, 0.15) is 5.15 Å². The van der Waals surface area contributed by atoms with Crippen LogP contribution in [0.1, 0.15) is 12.5 Å². The third kappa shape index (κ3) is 4.31. The van der Waals surface area contributed by atoms with Crippen LogP contribution in [0.3, 0.4) is 0 Å². The third-order valence-electron chi connectivity index (χ3n) is 3.63. The zero-order valence-electron chi connectivity index (χ0n) is 13.3. The number of hydrogen-bond donors (Lipinski definition) is 1. The molecule has 0 aliphatic heterocycles. The van der Waals surface area contributed by atoms with Crippen LogP contribution in [0.5, 0.6) is 0 Å². The summed E-state index contributed by atoms with van der Waals surface area (Å²) in [5, 5.41) is 5.14. The number of benzene rings is 2. The first kappa shape index (κ1) is 17.7. The first-order valence-corrected chi connectivity index (χ1v) is 8.65. The largest absolute Gasteiger partial charge is 0.260 e. The Bertz CT molecular complexity index is 907. The number of rotatable bonds is 4. The molecule has 1 N–H and O–H groups in total. The van der Waals surface area contributed by atoms with Crippen molar-refractivity contribution < 1.29 is 0 Å². The molecule has 1 aromatic heterocycles. The van der Waals surface area contributed by atoms with E-state index in [1.807, 2.05) is 37.3 Å². The van der Waals surface area contributed by atoms with Crippen LogP contribution in [-0.2, 0) is 0 Å². The summed E-state index contributed by atoms with van der Waals surface area (Å²) in [5.41, 5.74) is 6.94. The standard InChI is InChI=1S/C19H14Cl3N3/c1-12(24-25-19-17(21)11-16(20)18(22)23-19)13-7-9-15(10-8-13)14-5-3-2-4-6-14/h2-11H,1H3,(H,23,25). The molecule has 2 aromatic carbocycles. The van der Waals surface area contributed by atoms with Crippen LogP contribution in [0, 0.1) is 0 Å². The minimum atomic E-state index is 0.175. The second-order valence-corrected chi connectivity index (χ2v) is 6.52. The third-order valence-corrected chi connectivity index (χ3v) is 4.59. The molecule has 25 heavy (non-hydrogen) atoms. The van der Waals surface area contributed by atoms with Crippen LogP contribution in [-0.4, -0.2) is 10.7 Å². The second kappa shape index (κ2) is 7.87. The highest BCUT2D eigenvalue weighted by Crippen LogP contribution is 2.29. The van der Waals surface area contributed by atoms with Crippen molar-refractivity contribution in [2.75, 3.05) is 5.43 Å². The Morgan fingerprint density at radius 2 is 1.52 bits per heavy atom. The van der Waals surface area contributed by atoms with Gasteiger partial charge in [0.25, 0.3) is 0 Å². The molecule has 1 heterocycles. The van der Waals surface area contributed by atoms with Crippen molar-refractivity contribution in [2.45, 2.75) is 6.92 Å². The SMILES string of the molecule is CC(=NNc1nc(Cl)c(Cl)cc1Cl)c1ccc(-c2ccccc2)cc1. The van der Waals surface area contributed by atoms with Crippen molar-refractivity contribution in [3.8, 4) is 11.1 Å². The van der Waals surface area contributed by atoms with Crippen molar-refractivity contribution in [3.05, 3.63) is 81.4 Å². The Morgan fingerprint density at radius 3 is 2.20 bits per heavy atom. The maximum atomic E-state index is 6.08. The molecule has 0 saturated heterocycles. The molecule has 0 aliphatic rings. The van der Waals surface area contributed by atoms with Crippen molar-refractivity contribution in [1.82, 2.24) is 4.98 Å². The fraction of sp³-hybridized carbons (Fsp3) is 0.0526. The van der Waals surface area contributed by atoms with Crippen LogP contribution in [0.4, 0.5) is 5.82 Å². The number of aromatic nitrogens is 1. The van der Waals surface area contributed by atoms with Crippen LogP contribution >= 0.6 is 34.8 Å². The molecule has 0 atom stereocenters. The summed E-state index contributed by atoms with van der Waals surface area (Å²) < 4.78 is 0. The van der Waals surface area contributed by atoms with Gasteiger partial charge < -0.3 is 0 Å². The van der Waals surface area contributed by atoms with Crippen LogP contribution in [0.2, 0.25) is 15.2 Å². The molecule has 3 nitrogen and oxygen atoms in total. The van der Waals surface area contributed by atoms with Gasteiger partial charge in [-0.3, -0.25) is 5.43 Å². The Labute approximate surface area is 161 Å². The number of hydrazone groups is 1. The van der Waals surface area contributed by atoms with Crippen LogP contribution in [0.25, 0.3) is 11.1 Å². The first-order valence-electron chi connectivity index (χ1n) is 7.52. The summed E-state index contributed by atoms with van der Waals surface area (Å²) in [6.45, 7) is 1.90. The molecule has 0 unspecified atom stereocenters. The monoisotopic (exact) mass is 389 g/mol. The Hall–Kier alpha value is -2.07. The van der Waals surface area contributed by atoms with Gasteiger partial charge in [0.15, 0.2) is 5.82 Å². The highest BCUT2D eigenvalue weighted by atomic mass is 35.5. The summed E-state index contributed by atoms with van der Waals surface area (Å²) in [4.78, 5) is 4.08. The zero-order chi connectivity index (χ0) is 17.8. The lowest BCUT2D eigenvalue weighted by Gasteiger charge is -2.07. The van der Waals surface area contributed by atoms with E-state index in [9.17, 15) is 0 Å². The average molecular weight is 391 g/mol. The van der Waals surface area contributed by atoms with Gasteiger partial charge in [0, 0.05) is 0 Å². The van der Waals surface area contributed by atoms with E-state index in [0.717, 1.165) is 16.8 Å². The maximum Gasteiger partial charge on any atom is 0.166 e. The quantitative estimate of drug-likeness (QED) is 0.312. The number of pyridine rings is 1. The molecule has 3 rings (SSSR count). The average Bonchev–Trinajstić information content (AvgIpc) is 2.64. The van der Waals surface area contributed by atoms with E-state index < -0.39 is 0 Å². The topological polar surface area (TPSA) is 37.3 Å². The minimum absolute atomic E-state index is 0.175. The fourth-order valence-electron chi connectivity index (χ4n) is 2.26. The Balaban J connectivity index is 1.78. The van der Waals surface area contributed by atoms with Gasteiger partial charge in [-0.1, -0.05) is 89.4 Å². The molecule has 0 spiro atoms. The lowest BCUT2D eigenvalue weighted by atomic mass is 10.0. The van der Waals surface area contributed by atoms with Gasteiger partial charge in [0.05, 0.1) is 15.8 Å². The molecular weight excluding hydrogens is 377 g/mol. The minimum Gasteiger partial charge on any atom is -0.260 e. The molecule has 0 radical (unpaired) electrons. The van der Waals surface area contributed by atoms with Crippen molar-refractivity contribution >= 4 is 46.3 Å². The van der Waals surface area contributed by atoms with E-state index >= 15 is 0 Å². The van der Waals surface area contributed by atoms with E-state index in [-0.39, 0.29) is 5.15 Å². The van der Waals surface area contributed by atoms with Crippen molar-refractivity contribution in [3.63, 3.8) is 0 Å². The summed E-state index contributed by atoms with van der Waals surface area (Å²) in [6, 6.07) is 19.9. The molecule has 0 amide bonds. The lowest BCUT2D eigenvalue weighted by Crippen LogP contribution is -2.01. The molecule has 6 heteroatoms. The number of hydrogen-bond acceptors (Lipinski definition) is 3. The Kier molecular flexibility index (Phi) is 5.59. The Morgan fingerprint density at radius 1 is 0.880 bits per heavy atom. The number of halogens is 3. The predicted octanol–water partition coefficient (Wildman–Crippen LogP) is 6.54. The van der Waals surface area contributed by atoms with E-state index in [0.29, 0.717) is 15.9 Å². The molecule has 0 fully saturated rings. The summed E-state index contributed by atoms with van der Waals surface area (Å²) in [6.07, 6.45) is 0. The van der Waals surface area contributed by atoms with Crippen molar-refractivity contribution in [1.29, 1.82) is 0 Å². The van der Waals surface area contributed by atoms with E-state index in [1.165, 1.54) is 11.6 Å². The highest BCUT2D eigenvalue weighted by Gasteiger charge is 2.07.